The molecule has 1 N–H and O–H groups in total. The van der Waals surface area contributed by atoms with E-state index in [1.54, 1.807) is 0 Å². The molecule has 1 aromatic heterocycles. The molecular weight excluding hydrogens is 304 g/mol. The van der Waals surface area contributed by atoms with E-state index in [-0.39, 0.29) is 0 Å². The largest absolute Gasteiger partial charge is 0.384 e. The van der Waals surface area contributed by atoms with E-state index in [2.05, 4.69) is 32.3 Å². The number of benzene rings is 1. The zero-order valence-electron chi connectivity index (χ0n) is 10.7. The van der Waals surface area contributed by atoms with Crippen molar-refractivity contribution in [3.05, 3.63) is 34.9 Å². The Bertz CT molecular complexity index is 567. The number of halogens is 1. The fourth-order valence-electron chi connectivity index (χ4n) is 2.52. The molecule has 0 radical (unpaired) electrons. The number of nitrogens with zero attached hydrogens (tertiary/aromatic N) is 1. The van der Waals surface area contributed by atoms with E-state index in [9.17, 15) is 0 Å². The first-order chi connectivity index (χ1) is 9.34. The number of fused-ring (bicyclic) bond motifs is 1. The van der Waals surface area contributed by atoms with Crippen molar-refractivity contribution in [1.82, 2.24) is 4.98 Å². The van der Waals surface area contributed by atoms with Crippen LogP contribution < -0.4 is 5.32 Å². The van der Waals surface area contributed by atoms with Gasteiger partial charge in [0.05, 0.1) is 12.1 Å². The van der Waals surface area contributed by atoms with Gasteiger partial charge in [0.1, 0.15) is 0 Å². The van der Waals surface area contributed by atoms with Gasteiger partial charge in [-0.2, -0.15) is 0 Å². The van der Waals surface area contributed by atoms with Crippen molar-refractivity contribution < 1.29 is 4.74 Å². The second-order valence-corrected chi connectivity index (χ2v) is 5.81. The Morgan fingerprint density at radius 3 is 3.16 bits per heavy atom. The lowest BCUT2D eigenvalue weighted by Crippen LogP contribution is -2.24. The van der Waals surface area contributed by atoms with Crippen molar-refractivity contribution in [2.75, 3.05) is 25.1 Å². The summed E-state index contributed by atoms with van der Waals surface area (Å²) in [7, 11) is 0. The molecule has 2 aromatic rings. The van der Waals surface area contributed by atoms with Crippen molar-refractivity contribution in [1.29, 1.82) is 0 Å². The van der Waals surface area contributed by atoms with Crippen LogP contribution in [0, 0.1) is 5.92 Å². The number of nitrogens with one attached hydrogen (secondary N) is 1. The highest BCUT2D eigenvalue weighted by Crippen LogP contribution is 2.27. The lowest BCUT2D eigenvalue weighted by molar-refractivity contribution is 0.0595. The zero-order chi connectivity index (χ0) is 13.1. The van der Waals surface area contributed by atoms with Gasteiger partial charge in [-0.15, -0.1) is 0 Å². The van der Waals surface area contributed by atoms with Gasteiger partial charge in [0.2, 0.25) is 0 Å². The molecule has 1 aliphatic heterocycles. The molecular formula is C15H17BrN2O. The Labute approximate surface area is 121 Å². The SMILES string of the molecule is Brc1cccc2c(NCC3CCCOC3)ccnc12. The quantitative estimate of drug-likeness (QED) is 0.933. The van der Waals surface area contributed by atoms with Crippen molar-refractivity contribution in [3.8, 4) is 0 Å². The van der Waals surface area contributed by atoms with E-state index in [4.69, 9.17) is 4.74 Å². The number of aromatic nitrogens is 1. The molecule has 1 aliphatic rings. The van der Waals surface area contributed by atoms with Crippen molar-refractivity contribution in [3.63, 3.8) is 0 Å². The van der Waals surface area contributed by atoms with Gasteiger partial charge in [0.15, 0.2) is 0 Å². The average Bonchev–Trinajstić information content (AvgIpc) is 2.47. The third kappa shape index (κ3) is 2.90. The van der Waals surface area contributed by atoms with Crippen LogP contribution in [-0.4, -0.2) is 24.7 Å². The van der Waals surface area contributed by atoms with Crippen molar-refractivity contribution in [2.24, 2.45) is 5.92 Å². The number of hydrogen-bond donors (Lipinski definition) is 1. The standard InChI is InChI=1S/C15H17BrN2O/c16-13-5-1-4-12-14(6-7-17-15(12)13)18-9-11-3-2-8-19-10-11/h1,4-7,11H,2-3,8-10H2,(H,17,18). The normalized spacial score (nSPS) is 19.5. The molecule has 0 bridgehead atoms. The molecule has 1 atom stereocenters. The van der Waals surface area contributed by atoms with Gasteiger partial charge in [0.25, 0.3) is 0 Å². The van der Waals surface area contributed by atoms with E-state index in [0.717, 1.165) is 40.8 Å². The van der Waals surface area contributed by atoms with Crippen LogP contribution in [0.1, 0.15) is 12.8 Å². The minimum atomic E-state index is 0.615. The van der Waals surface area contributed by atoms with Gasteiger partial charge in [-0.1, -0.05) is 12.1 Å². The van der Waals surface area contributed by atoms with Crippen LogP contribution in [0.2, 0.25) is 0 Å². The molecule has 0 aliphatic carbocycles. The maximum absolute atomic E-state index is 5.52. The van der Waals surface area contributed by atoms with Gasteiger partial charge in [0, 0.05) is 34.9 Å². The Morgan fingerprint density at radius 2 is 2.32 bits per heavy atom. The van der Waals surface area contributed by atoms with Gasteiger partial charge in [-0.3, -0.25) is 4.98 Å². The predicted molar refractivity (Wildman–Crippen MR) is 81.5 cm³/mol. The van der Waals surface area contributed by atoms with Crippen LogP contribution in [0.5, 0.6) is 0 Å². The maximum atomic E-state index is 5.52. The molecule has 3 nitrogen and oxygen atoms in total. The molecule has 100 valence electrons. The summed E-state index contributed by atoms with van der Waals surface area (Å²) in [5, 5.41) is 4.70. The number of pyridine rings is 1. The first kappa shape index (κ1) is 12.9. The first-order valence-electron chi connectivity index (χ1n) is 6.69. The van der Waals surface area contributed by atoms with Gasteiger partial charge in [-0.05, 0) is 46.8 Å². The van der Waals surface area contributed by atoms with Crippen LogP contribution in [0.4, 0.5) is 5.69 Å². The van der Waals surface area contributed by atoms with Crippen LogP contribution >= 0.6 is 15.9 Å². The summed E-state index contributed by atoms with van der Waals surface area (Å²) < 4.78 is 6.55. The molecule has 1 saturated heterocycles. The molecule has 0 saturated carbocycles. The molecule has 1 aromatic carbocycles. The highest BCUT2D eigenvalue weighted by molar-refractivity contribution is 9.10. The number of ether oxygens (including phenoxy) is 1. The van der Waals surface area contributed by atoms with Crippen molar-refractivity contribution in [2.45, 2.75) is 12.8 Å². The number of para-hydroxylation sites is 1. The number of hydrogen-bond acceptors (Lipinski definition) is 3. The van der Waals surface area contributed by atoms with Gasteiger partial charge in [-0.25, -0.2) is 0 Å². The van der Waals surface area contributed by atoms with Gasteiger partial charge < -0.3 is 10.1 Å². The number of rotatable bonds is 3. The van der Waals surface area contributed by atoms with Crippen LogP contribution in [0.15, 0.2) is 34.9 Å². The second kappa shape index (κ2) is 5.88. The molecule has 0 amide bonds. The smallest absolute Gasteiger partial charge is 0.0864 e. The summed E-state index contributed by atoms with van der Waals surface area (Å²) >= 11 is 3.55. The lowest BCUT2D eigenvalue weighted by atomic mass is 10.0. The third-order valence-corrected chi connectivity index (χ3v) is 4.20. The maximum Gasteiger partial charge on any atom is 0.0864 e. The fourth-order valence-corrected chi connectivity index (χ4v) is 2.99. The summed E-state index contributed by atoms with van der Waals surface area (Å²) in [6.07, 6.45) is 4.28. The first-order valence-corrected chi connectivity index (χ1v) is 7.49. The minimum absolute atomic E-state index is 0.615. The molecule has 4 heteroatoms. The average molecular weight is 321 g/mol. The van der Waals surface area contributed by atoms with E-state index >= 15 is 0 Å². The Kier molecular flexibility index (Phi) is 3.99. The minimum Gasteiger partial charge on any atom is -0.384 e. The molecule has 0 spiro atoms. The summed E-state index contributed by atoms with van der Waals surface area (Å²) in [4.78, 5) is 4.42. The molecule has 2 heterocycles. The van der Waals surface area contributed by atoms with Crippen LogP contribution in [-0.2, 0) is 4.74 Å². The number of anilines is 1. The Hall–Kier alpha value is -1.13. The predicted octanol–water partition coefficient (Wildman–Crippen LogP) is 3.84. The van der Waals surface area contributed by atoms with Crippen molar-refractivity contribution >= 4 is 32.5 Å². The van der Waals surface area contributed by atoms with E-state index in [0.29, 0.717) is 5.92 Å². The van der Waals surface area contributed by atoms with E-state index in [1.165, 1.54) is 12.8 Å². The topological polar surface area (TPSA) is 34.1 Å². The summed E-state index contributed by atoms with van der Waals surface area (Å²) in [6.45, 7) is 2.76. The summed E-state index contributed by atoms with van der Waals surface area (Å²) in [5.41, 5.74) is 2.16. The van der Waals surface area contributed by atoms with Crippen LogP contribution in [0.25, 0.3) is 10.9 Å². The Balaban J connectivity index is 1.79. The fraction of sp³-hybridized carbons (Fsp3) is 0.400. The lowest BCUT2D eigenvalue weighted by Gasteiger charge is -2.23. The van der Waals surface area contributed by atoms with E-state index in [1.807, 2.05) is 24.4 Å². The zero-order valence-corrected chi connectivity index (χ0v) is 12.3. The molecule has 19 heavy (non-hydrogen) atoms. The highest BCUT2D eigenvalue weighted by atomic mass is 79.9. The molecule has 3 rings (SSSR count). The van der Waals surface area contributed by atoms with E-state index < -0.39 is 0 Å². The van der Waals surface area contributed by atoms with Crippen LogP contribution in [0.3, 0.4) is 0 Å². The summed E-state index contributed by atoms with van der Waals surface area (Å²) in [6, 6.07) is 8.21. The van der Waals surface area contributed by atoms with Gasteiger partial charge >= 0.3 is 0 Å². The monoisotopic (exact) mass is 320 g/mol. The highest BCUT2D eigenvalue weighted by Gasteiger charge is 2.14. The molecule has 1 fully saturated rings. The third-order valence-electron chi connectivity index (χ3n) is 3.56. The Morgan fingerprint density at radius 1 is 1.37 bits per heavy atom. The summed E-state index contributed by atoms with van der Waals surface area (Å²) in [5.74, 6) is 0.615. The molecule has 1 unspecified atom stereocenters. The second-order valence-electron chi connectivity index (χ2n) is 4.96.